The van der Waals surface area contributed by atoms with Gasteiger partial charge in [-0.15, -0.1) is 0 Å². The van der Waals surface area contributed by atoms with Crippen LogP contribution in [0.3, 0.4) is 0 Å². The molecular weight excluding hydrogens is 401 g/mol. The third-order valence-corrected chi connectivity index (χ3v) is 5.35. The number of benzene rings is 1. The highest BCUT2D eigenvalue weighted by Crippen LogP contribution is 2.35. The molecule has 1 aliphatic rings. The zero-order chi connectivity index (χ0) is 20.4. The van der Waals surface area contributed by atoms with Crippen molar-refractivity contribution >= 4 is 34.0 Å². The Bertz CT molecular complexity index is 994. The quantitative estimate of drug-likeness (QED) is 0.532. The Morgan fingerprint density at radius 2 is 1.79 bits per heavy atom. The number of hydrogen-bond donors (Lipinski definition) is 2. The van der Waals surface area contributed by atoms with Crippen LogP contribution >= 0.6 is 11.6 Å². The van der Waals surface area contributed by atoms with E-state index in [1.165, 1.54) is 6.07 Å². The minimum absolute atomic E-state index is 0.0376. The Labute approximate surface area is 171 Å². The first kappa shape index (κ1) is 19.8. The van der Waals surface area contributed by atoms with Crippen LogP contribution in [0.2, 0.25) is 5.02 Å². The van der Waals surface area contributed by atoms with Gasteiger partial charge < -0.3 is 10.6 Å². The minimum Gasteiger partial charge on any atom is -0.382 e. The van der Waals surface area contributed by atoms with E-state index in [0.717, 1.165) is 37.6 Å². The summed E-state index contributed by atoms with van der Waals surface area (Å²) >= 11 is 6.08. The average molecular weight is 421 g/mol. The molecule has 2 N–H and O–H groups in total. The summed E-state index contributed by atoms with van der Waals surface area (Å²) in [6, 6.07) is 11.7. The molecule has 2 atom stereocenters. The lowest BCUT2D eigenvalue weighted by Gasteiger charge is -2.31. The fourth-order valence-corrected chi connectivity index (χ4v) is 3.96. The summed E-state index contributed by atoms with van der Waals surface area (Å²) in [6.07, 6.45) is 0.838. The van der Waals surface area contributed by atoms with Gasteiger partial charge in [-0.1, -0.05) is 17.7 Å². The maximum absolute atomic E-state index is 13.3. The second kappa shape index (κ2) is 8.06. The van der Waals surface area contributed by atoms with E-state index in [-0.39, 0.29) is 17.6 Å². The van der Waals surface area contributed by atoms with Gasteiger partial charge in [-0.3, -0.25) is 0 Å². The maximum Gasteiger partial charge on any atom is 0.433 e. The van der Waals surface area contributed by atoms with Crippen molar-refractivity contribution in [2.45, 2.75) is 43.9 Å². The largest absolute Gasteiger partial charge is 0.433 e. The van der Waals surface area contributed by atoms with E-state index in [2.05, 4.69) is 20.6 Å². The zero-order valence-electron chi connectivity index (χ0n) is 15.5. The van der Waals surface area contributed by atoms with Crippen LogP contribution in [0.25, 0.3) is 10.9 Å². The summed E-state index contributed by atoms with van der Waals surface area (Å²) in [5.74, 6) is 0.804. The van der Waals surface area contributed by atoms with Crippen molar-refractivity contribution in [2.24, 2.45) is 0 Å². The van der Waals surface area contributed by atoms with E-state index in [9.17, 15) is 13.2 Å². The van der Waals surface area contributed by atoms with Gasteiger partial charge >= 0.3 is 6.18 Å². The molecule has 0 spiro atoms. The van der Waals surface area contributed by atoms with Crippen molar-refractivity contribution < 1.29 is 13.2 Å². The number of nitrogens with zero attached hydrogens (tertiary/aromatic N) is 2. The normalized spacial score (nSPS) is 19.9. The maximum atomic E-state index is 13.3. The van der Waals surface area contributed by atoms with Gasteiger partial charge in [-0.05, 0) is 62.1 Å². The molecule has 0 bridgehead atoms. The Morgan fingerprint density at radius 1 is 1.00 bits per heavy atom. The lowest BCUT2D eigenvalue weighted by atomic mass is 9.90. The smallest absolute Gasteiger partial charge is 0.382 e. The zero-order valence-corrected chi connectivity index (χ0v) is 16.3. The Kier molecular flexibility index (Phi) is 5.50. The number of pyridine rings is 2. The second-order valence-corrected chi connectivity index (χ2v) is 7.71. The fraction of sp³-hybridized carbons (Fsp3) is 0.333. The molecule has 0 unspecified atom stereocenters. The predicted molar refractivity (Wildman–Crippen MR) is 109 cm³/mol. The van der Waals surface area contributed by atoms with Crippen molar-refractivity contribution in [1.82, 2.24) is 9.97 Å². The van der Waals surface area contributed by atoms with Crippen molar-refractivity contribution in [1.29, 1.82) is 0 Å². The number of nitrogens with one attached hydrogen (secondary N) is 2. The molecule has 152 valence electrons. The number of fused-ring (bicyclic) bond motifs is 1. The van der Waals surface area contributed by atoms with E-state index >= 15 is 0 Å². The Balaban J connectivity index is 1.58. The lowest BCUT2D eigenvalue weighted by Crippen LogP contribution is -2.34. The third-order valence-electron chi connectivity index (χ3n) is 5.11. The molecule has 4 rings (SSSR count). The third kappa shape index (κ3) is 4.72. The highest BCUT2D eigenvalue weighted by Gasteiger charge is 2.34. The number of aromatic nitrogens is 2. The van der Waals surface area contributed by atoms with E-state index in [4.69, 9.17) is 11.6 Å². The van der Waals surface area contributed by atoms with Crippen LogP contribution in [0, 0.1) is 0 Å². The van der Waals surface area contributed by atoms with Crippen LogP contribution < -0.4 is 10.6 Å². The summed E-state index contributed by atoms with van der Waals surface area (Å²) in [6.45, 7) is 0. The molecule has 1 aliphatic carbocycles. The summed E-state index contributed by atoms with van der Waals surface area (Å²) in [5.41, 5.74) is -0.229. The molecule has 1 saturated carbocycles. The van der Waals surface area contributed by atoms with Gasteiger partial charge in [0.2, 0.25) is 0 Å². The molecule has 0 saturated heterocycles. The molecule has 3 aromatic rings. The molecule has 1 aromatic carbocycles. The van der Waals surface area contributed by atoms with Gasteiger partial charge in [0.1, 0.15) is 11.5 Å². The first-order chi connectivity index (χ1) is 13.9. The van der Waals surface area contributed by atoms with Crippen molar-refractivity contribution in [3.8, 4) is 0 Å². The number of rotatable bonds is 4. The topological polar surface area (TPSA) is 49.8 Å². The van der Waals surface area contributed by atoms with Crippen LogP contribution in [0.1, 0.15) is 31.4 Å². The molecule has 0 aliphatic heterocycles. The number of anilines is 2. The van der Waals surface area contributed by atoms with Crippen molar-refractivity contribution in [3.63, 3.8) is 0 Å². The van der Waals surface area contributed by atoms with Crippen LogP contribution in [-0.2, 0) is 6.18 Å². The molecule has 0 radical (unpaired) electrons. The number of alkyl halides is 3. The highest BCUT2D eigenvalue weighted by atomic mass is 35.5. The monoisotopic (exact) mass is 420 g/mol. The summed E-state index contributed by atoms with van der Waals surface area (Å²) in [7, 11) is 0. The standard InChI is InChI=1S/C21H20ClF3N4/c22-13-7-8-17-16(10-13)18(12-19(29-17)21(23,24)25)27-14-4-3-5-15(11-14)28-20-6-1-2-9-26-20/h1-2,6-10,12,14-15H,3-5,11H2,(H,26,28)(H,27,29)/t14-,15+/m0/s1. The van der Waals surface area contributed by atoms with Gasteiger partial charge in [-0.25, -0.2) is 9.97 Å². The molecule has 8 heteroatoms. The lowest BCUT2D eigenvalue weighted by molar-refractivity contribution is -0.140. The van der Waals surface area contributed by atoms with Crippen LogP contribution in [0.4, 0.5) is 24.7 Å². The SMILES string of the molecule is FC(F)(F)c1cc(N[C@H]2CCC[C@@H](Nc3ccccn3)C2)c2cc(Cl)ccc2n1. The van der Waals surface area contributed by atoms with Crippen molar-refractivity contribution in [2.75, 3.05) is 10.6 Å². The van der Waals surface area contributed by atoms with E-state index < -0.39 is 11.9 Å². The Morgan fingerprint density at radius 3 is 2.52 bits per heavy atom. The fourth-order valence-electron chi connectivity index (χ4n) is 3.79. The first-order valence-electron chi connectivity index (χ1n) is 9.50. The van der Waals surface area contributed by atoms with E-state index in [1.54, 1.807) is 18.3 Å². The molecule has 4 nitrogen and oxygen atoms in total. The first-order valence-corrected chi connectivity index (χ1v) is 9.88. The molecule has 2 aromatic heterocycles. The number of hydrogen-bond acceptors (Lipinski definition) is 4. The number of halogens is 4. The van der Waals surface area contributed by atoms with Gasteiger partial charge in [0.15, 0.2) is 0 Å². The summed E-state index contributed by atoms with van der Waals surface area (Å²) in [4.78, 5) is 8.06. The van der Waals surface area contributed by atoms with Crippen LogP contribution in [-0.4, -0.2) is 22.1 Å². The molecule has 1 fully saturated rings. The van der Waals surface area contributed by atoms with Gasteiger partial charge in [0.25, 0.3) is 0 Å². The van der Waals surface area contributed by atoms with Gasteiger partial charge in [0, 0.05) is 34.4 Å². The summed E-state index contributed by atoms with van der Waals surface area (Å²) in [5, 5.41) is 7.78. The van der Waals surface area contributed by atoms with E-state index in [1.807, 2.05) is 18.2 Å². The van der Waals surface area contributed by atoms with E-state index in [0.29, 0.717) is 16.1 Å². The summed E-state index contributed by atoms with van der Waals surface area (Å²) < 4.78 is 40.0. The molecule has 29 heavy (non-hydrogen) atoms. The molecule has 0 amide bonds. The van der Waals surface area contributed by atoms with Crippen molar-refractivity contribution in [3.05, 3.63) is 59.4 Å². The average Bonchev–Trinajstić information content (AvgIpc) is 2.68. The predicted octanol–water partition coefficient (Wildman–Crippen LogP) is 6.14. The molecular formula is C21H20ClF3N4. The van der Waals surface area contributed by atoms with Crippen LogP contribution in [0.5, 0.6) is 0 Å². The molecule has 2 heterocycles. The highest BCUT2D eigenvalue weighted by molar-refractivity contribution is 6.31. The van der Waals surface area contributed by atoms with Crippen LogP contribution in [0.15, 0.2) is 48.7 Å². The second-order valence-electron chi connectivity index (χ2n) is 7.28. The Hall–Kier alpha value is -2.54. The minimum atomic E-state index is -4.51. The van der Waals surface area contributed by atoms with Gasteiger partial charge in [0.05, 0.1) is 5.52 Å². The van der Waals surface area contributed by atoms with Gasteiger partial charge in [-0.2, -0.15) is 13.2 Å².